The zero-order valence-electron chi connectivity index (χ0n) is 17.5. The molecule has 31 heavy (non-hydrogen) atoms. The number of hydrogen-bond donors (Lipinski definition) is 2. The number of alkyl carbamates (subject to hydrolysis) is 1. The molecule has 162 valence electrons. The maximum Gasteiger partial charge on any atom is 0.407 e. The number of nitrogens with zero attached hydrogens (tertiary/aromatic N) is 1. The summed E-state index contributed by atoms with van der Waals surface area (Å²) >= 11 is 0. The minimum Gasteiger partial charge on any atom is -0.481 e. The van der Waals surface area contributed by atoms with Gasteiger partial charge in [0, 0.05) is 32.0 Å². The Kier molecular flexibility index (Phi) is 5.67. The second-order valence-corrected chi connectivity index (χ2v) is 8.43. The number of nitrogens with one attached hydrogen (secondary N) is 1. The van der Waals surface area contributed by atoms with Gasteiger partial charge in [0.05, 0.1) is 5.41 Å². The van der Waals surface area contributed by atoms with Crippen LogP contribution in [0.1, 0.15) is 36.8 Å². The lowest BCUT2D eigenvalue weighted by Gasteiger charge is -2.20. The SMILES string of the molecule is CC1(C(=O)O)CCN(C(=O)CCNC(=O)OCC2c3ccccc3-c3ccccc32)C1. The van der Waals surface area contributed by atoms with Crippen LogP contribution < -0.4 is 5.32 Å². The summed E-state index contributed by atoms with van der Waals surface area (Å²) in [5.41, 5.74) is 3.72. The lowest BCUT2D eigenvalue weighted by atomic mass is 9.90. The van der Waals surface area contributed by atoms with Crippen molar-refractivity contribution in [1.82, 2.24) is 10.2 Å². The van der Waals surface area contributed by atoms with E-state index in [1.807, 2.05) is 24.3 Å². The first-order valence-electron chi connectivity index (χ1n) is 10.5. The van der Waals surface area contributed by atoms with E-state index >= 15 is 0 Å². The molecule has 0 spiro atoms. The van der Waals surface area contributed by atoms with Crippen molar-refractivity contribution in [2.24, 2.45) is 5.41 Å². The molecule has 0 saturated carbocycles. The number of hydrogen-bond acceptors (Lipinski definition) is 4. The molecule has 1 aliphatic heterocycles. The first-order chi connectivity index (χ1) is 14.9. The number of carbonyl (C=O) groups excluding carboxylic acids is 2. The van der Waals surface area contributed by atoms with Crippen LogP contribution in [-0.4, -0.2) is 54.2 Å². The number of rotatable bonds is 6. The van der Waals surface area contributed by atoms with E-state index < -0.39 is 17.5 Å². The molecular weight excluding hydrogens is 396 g/mol. The fourth-order valence-electron chi connectivity index (χ4n) is 4.43. The van der Waals surface area contributed by atoms with E-state index in [-0.39, 0.29) is 37.9 Å². The van der Waals surface area contributed by atoms with Gasteiger partial charge >= 0.3 is 12.1 Å². The molecule has 0 aromatic heterocycles. The van der Waals surface area contributed by atoms with Gasteiger partial charge in [0.2, 0.25) is 5.91 Å². The molecule has 0 radical (unpaired) electrons. The molecule has 1 heterocycles. The highest BCUT2D eigenvalue weighted by Crippen LogP contribution is 2.44. The predicted octanol–water partition coefficient (Wildman–Crippen LogP) is 3.24. The summed E-state index contributed by atoms with van der Waals surface area (Å²) < 4.78 is 5.46. The van der Waals surface area contributed by atoms with Crippen LogP contribution in [-0.2, 0) is 14.3 Å². The number of carboxylic acid groups (broad SMARTS) is 1. The van der Waals surface area contributed by atoms with Crippen molar-refractivity contribution in [3.05, 3.63) is 59.7 Å². The van der Waals surface area contributed by atoms with Crippen LogP contribution >= 0.6 is 0 Å². The molecule has 2 aromatic carbocycles. The molecule has 1 aliphatic carbocycles. The van der Waals surface area contributed by atoms with Crippen molar-refractivity contribution in [2.75, 3.05) is 26.2 Å². The molecular formula is C24H26N2O5. The molecule has 7 heteroatoms. The van der Waals surface area contributed by atoms with E-state index in [2.05, 4.69) is 29.6 Å². The van der Waals surface area contributed by atoms with Crippen molar-refractivity contribution in [1.29, 1.82) is 0 Å². The van der Waals surface area contributed by atoms with Crippen LogP contribution in [0.25, 0.3) is 11.1 Å². The number of carbonyl (C=O) groups is 3. The maximum atomic E-state index is 12.3. The smallest absolute Gasteiger partial charge is 0.407 e. The summed E-state index contributed by atoms with van der Waals surface area (Å²) in [6.45, 7) is 2.64. The highest BCUT2D eigenvalue weighted by Gasteiger charge is 2.41. The quantitative estimate of drug-likeness (QED) is 0.745. The Morgan fingerprint density at radius 3 is 2.29 bits per heavy atom. The van der Waals surface area contributed by atoms with E-state index in [0.29, 0.717) is 13.0 Å². The number of aliphatic carboxylic acids is 1. The zero-order chi connectivity index (χ0) is 22.0. The van der Waals surface area contributed by atoms with Gasteiger partial charge in [0.1, 0.15) is 6.61 Å². The van der Waals surface area contributed by atoms with E-state index in [1.54, 1.807) is 11.8 Å². The minimum absolute atomic E-state index is 0.0157. The third-order valence-corrected chi connectivity index (χ3v) is 6.29. The predicted molar refractivity (Wildman–Crippen MR) is 115 cm³/mol. The van der Waals surface area contributed by atoms with Crippen LogP contribution in [0.5, 0.6) is 0 Å². The summed E-state index contributed by atoms with van der Waals surface area (Å²) in [5.74, 6) is -1.07. The number of likely N-dealkylation sites (tertiary alicyclic amines) is 1. The average Bonchev–Trinajstić information content (AvgIpc) is 3.32. The van der Waals surface area contributed by atoms with Gasteiger partial charge in [0.15, 0.2) is 0 Å². The van der Waals surface area contributed by atoms with E-state index in [1.165, 1.54) is 0 Å². The first kappa shape index (κ1) is 20.9. The standard InChI is InChI=1S/C24H26N2O5/c1-24(22(28)29)11-13-26(15-24)21(27)10-12-25-23(30)31-14-20-18-8-4-2-6-16(18)17-7-3-5-9-19(17)20/h2-9,20H,10-15H2,1H3,(H,25,30)(H,28,29). The average molecular weight is 422 g/mol. The van der Waals surface area contributed by atoms with Gasteiger partial charge in [-0.2, -0.15) is 0 Å². The molecule has 2 aromatic rings. The van der Waals surface area contributed by atoms with Gasteiger partial charge in [-0.1, -0.05) is 48.5 Å². The molecule has 2 amide bonds. The topological polar surface area (TPSA) is 95.9 Å². The first-order valence-corrected chi connectivity index (χ1v) is 10.5. The Morgan fingerprint density at radius 1 is 1.10 bits per heavy atom. The summed E-state index contributed by atoms with van der Waals surface area (Å²) in [6.07, 6.45) is -0.0141. The molecule has 1 unspecified atom stereocenters. The fraction of sp³-hybridized carbons (Fsp3) is 0.375. The molecule has 0 bridgehead atoms. The Hall–Kier alpha value is -3.35. The zero-order valence-corrected chi connectivity index (χ0v) is 17.5. The van der Waals surface area contributed by atoms with E-state index in [0.717, 1.165) is 22.3 Å². The van der Waals surface area contributed by atoms with Crippen LogP contribution in [0.4, 0.5) is 4.79 Å². The van der Waals surface area contributed by atoms with Gasteiger partial charge in [-0.3, -0.25) is 9.59 Å². The van der Waals surface area contributed by atoms with Gasteiger partial charge in [-0.05, 0) is 35.6 Å². The maximum absolute atomic E-state index is 12.3. The highest BCUT2D eigenvalue weighted by molar-refractivity contribution is 5.81. The molecule has 1 saturated heterocycles. The molecule has 1 fully saturated rings. The summed E-state index contributed by atoms with van der Waals surface area (Å²) in [6, 6.07) is 16.2. The van der Waals surface area contributed by atoms with E-state index in [4.69, 9.17) is 4.74 Å². The number of amides is 2. The van der Waals surface area contributed by atoms with Gasteiger partial charge in [0.25, 0.3) is 0 Å². The van der Waals surface area contributed by atoms with Crippen molar-refractivity contribution in [3.63, 3.8) is 0 Å². The molecule has 2 aliphatic rings. The summed E-state index contributed by atoms with van der Waals surface area (Å²) in [4.78, 5) is 37.4. The number of carboxylic acids is 1. The van der Waals surface area contributed by atoms with Gasteiger partial charge in [-0.25, -0.2) is 4.79 Å². The fourth-order valence-corrected chi connectivity index (χ4v) is 4.43. The van der Waals surface area contributed by atoms with Crippen LogP contribution in [0.3, 0.4) is 0 Å². The Labute approximate surface area is 181 Å². The number of fused-ring (bicyclic) bond motifs is 3. The highest BCUT2D eigenvalue weighted by atomic mass is 16.5. The van der Waals surface area contributed by atoms with Crippen molar-refractivity contribution < 1.29 is 24.2 Å². The number of ether oxygens (including phenoxy) is 1. The number of benzene rings is 2. The second-order valence-electron chi connectivity index (χ2n) is 8.43. The molecule has 4 rings (SSSR count). The molecule has 1 atom stereocenters. The molecule has 7 nitrogen and oxygen atoms in total. The van der Waals surface area contributed by atoms with Crippen LogP contribution in [0.15, 0.2) is 48.5 Å². The van der Waals surface area contributed by atoms with Gasteiger partial charge in [-0.15, -0.1) is 0 Å². The Balaban J connectivity index is 1.26. The van der Waals surface area contributed by atoms with Crippen LogP contribution in [0.2, 0.25) is 0 Å². The second kappa shape index (κ2) is 8.41. The summed E-state index contributed by atoms with van der Waals surface area (Å²) in [5, 5.41) is 11.9. The van der Waals surface area contributed by atoms with Crippen molar-refractivity contribution >= 4 is 18.0 Å². The van der Waals surface area contributed by atoms with Gasteiger partial charge < -0.3 is 20.1 Å². The van der Waals surface area contributed by atoms with Crippen LogP contribution in [0, 0.1) is 5.41 Å². The third-order valence-electron chi connectivity index (χ3n) is 6.29. The summed E-state index contributed by atoms with van der Waals surface area (Å²) in [7, 11) is 0. The Bertz CT molecular complexity index is 975. The Morgan fingerprint density at radius 2 is 1.71 bits per heavy atom. The lowest BCUT2D eigenvalue weighted by Crippen LogP contribution is -2.36. The van der Waals surface area contributed by atoms with Crippen molar-refractivity contribution in [2.45, 2.75) is 25.7 Å². The monoisotopic (exact) mass is 422 g/mol. The molecule has 2 N–H and O–H groups in total. The lowest BCUT2D eigenvalue weighted by molar-refractivity contribution is -0.147. The third kappa shape index (κ3) is 4.13. The van der Waals surface area contributed by atoms with E-state index in [9.17, 15) is 19.5 Å². The minimum atomic E-state index is -0.893. The largest absolute Gasteiger partial charge is 0.481 e. The normalized spacial score (nSPS) is 19.6. The van der Waals surface area contributed by atoms with Crippen molar-refractivity contribution in [3.8, 4) is 11.1 Å².